The Balaban J connectivity index is 4.22. The van der Waals surface area contributed by atoms with Crippen molar-refractivity contribution in [3.05, 3.63) is 0 Å². The molecule has 0 bridgehead atoms. The molecular formula is C10H23NO. The highest BCUT2D eigenvalue weighted by atomic mass is 16.3. The molecule has 0 rings (SSSR count). The zero-order chi connectivity index (χ0) is 9.99. The number of hydrogen-bond donors (Lipinski definition) is 2. The van der Waals surface area contributed by atoms with Crippen LogP contribution < -0.4 is 5.32 Å². The molecule has 2 N–H and O–H groups in total. The lowest BCUT2D eigenvalue weighted by Gasteiger charge is -2.40. The van der Waals surface area contributed by atoms with Crippen molar-refractivity contribution >= 4 is 0 Å². The normalized spacial score (nSPS) is 16.2. The van der Waals surface area contributed by atoms with Crippen LogP contribution >= 0.6 is 0 Å². The maximum Gasteiger partial charge on any atom is 0.0767 e. The fraction of sp³-hybridized carbons (Fsp3) is 1.00. The van der Waals surface area contributed by atoms with Crippen LogP contribution in [0.1, 0.15) is 48.0 Å². The molecule has 0 aliphatic rings. The third-order valence-electron chi connectivity index (χ3n) is 2.75. The van der Waals surface area contributed by atoms with Gasteiger partial charge in [-0.3, -0.25) is 0 Å². The summed E-state index contributed by atoms with van der Waals surface area (Å²) in [6.45, 7) is 12.0. The summed E-state index contributed by atoms with van der Waals surface area (Å²) in [5.41, 5.74) is -0.918. The Hall–Kier alpha value is -0.0800. The highest BCUT2D eigenvalue weighted by Crippen LogP contribution is 2.21. The fourth-order valence-corrected chi connectivity index (χ4v) is 0.895. The Bertz CT molecular complexity index is 135. The molecule has 0 heterocycles. The topological polar surface area (TPSA) is 32.3 Å². The van der Waals surface area contributed by atoms with E-state index in [0.717, 1.165) is 6.42 Å². The highest BCUT2D eigenvalue weighted by molar-refractivity contribution is 4.94. The van der Waals surface area contributed by atoms with E-state index in [-0.39, 0.29) is 5.54 Å². The van der Waals surface area contributed by atoms with Gasteiger partial charge < -0.3 is 10.4 Å². The molecule has 0 aromatic carbocycles. The van der Waals surface area contributed by atoms with E-state index in [0.29, 0.717) is 6.04 Å². The number of nitrogens with one attached hydrogen (secondary N) is 1. The van der Waals surface area contributed by atoms with Gasteiger partial charge in [0.2, 0.25) is 0 Å². The predicted molar refractivity (Wildman–Crippen MR) is 53.3 cm³/mol. The third kappa shape index (κ3) is 3.11. The smallest absolute Gasteiger partial charge is 0.0767 e. The van der Waals surface area contributed by atoms with Crippen molar-refractivity contribution in [2.45, 2.75) is 65.1 Å². The summed E-state index contributed by atoms with van der Waals surface area (Å²) in [7, 11) is 0. The largest absolute Gasteiger partial charge is 0.389 e. The summed E-state index contributed by atoms with van der Waals surface area (Å²) in [6, 6.07) is 0.450. The Morgan fingerprint density at radius 2 is 1.67 bits per heavy atom. The van der Waals surface area contributed by atoms with Crippen LogP contribution in [0.3, 0.4) is 0 Å². The molecule has 1 atom stereocenters. The SMILES string of the molecule is CCC(C)NC(C)(C)C(C)(C)O. The van der Waals surface area contributed by atoms with Crippen molar-refractivity contribution in [1.82, 2.24) is 5.32 Å². The molecule has 1 unspecified atom stereocenters. The van der Waals surface area contributed by atoms with E-state index in [1.807, 2.05) is 27.7 Å². The number of hydrogen-bond acceptors (Lipinski definition) is 2. The van der Waals surface area contributed by atoms with Crippen molar-refractivity contribution in [3.63, 3.8) is 0 Å². The average Bonchev–Trinajstić information content (AvgIpc) is 1.84. The molecule has 0 aliphatic heterocycles. The van der Waals surface area contributed by atoms with Crippen molar-refractivity contribution < 1.29 is 5.11 Å². The fourth-order valence-electron chi connectivity index (χ4n) is 0.895. The molecule has 0 spiro atoms. The first kappa shape index (κ1) is 11.9. The second-order valence-electron chi connectivity index (χ2n) is 4.64. The van der Waals surface area contributed by atoms with Crippen LogP contribution in [0.4, 0.5) is 0 Å². The Kier molecular flexibility index (Phi) is 3.73. The van der Waals surface area contributed by atoms with Gasteiger partial charge in [-0.05, 0) is 41.0 Å². The number of aliphatic hydroxyl groups is 1. The highest BCUT2D eigenvalue weighted by Gasteiger charge is 2.35. The molecule has 2 nitrogen and oxygen atoms in total. The van der Waals surface area contributed by atoms with E-state index in [4.69, 9.17) is 0 Å². The molecule has 12 heavy (non-hydrogen) atoms. The van der Waals surface area contributed by atoms with E-state index < -0.39 is 5.60 Å². The Morgan fingerprint density at radius 3 is 1.92 bits per heavy atom. The van der Waals surface area contributed by atoms with Gasteiger partial charge in [-0.25, -0.2) is 0 Å². The van der Waals surface area contributed by atoms with Crippen molar-refractivity contribution in [2.75, 3.05) is 0 Å². The van der Waals surface area contributed by atoms with Crippen molar-refractivity contribution in [3.8, 4) is 0 Å². The second-order valence-corrected chi connectivity index (χ2v) is 4.64. The molecule has 0 saturated heterocycles. The van der Waals surface area contributed by atoms with Gasteiger partial charge in [0.15, 0.2) is 0 Å². The summed E-state index contributed by atoms with van der Waals surface area (Å²) in [4.78, 5) is 0. The summed E-state index contributed by atoms with van der Waals surface area (Å²) >= 11 is 0. The van der Waals surface area contributed by atoms with Crippen LogP contribution in [0.25, 0.3) is 0 Å². The van der Waals surface area contributed by atoms with Gasteiger partial charge in [0, 0.05) is 11.6 Å². The minimum Gasteiger partial charge on any atom is -0.389 e. The van der Waals surface area contributed by atoms with Gasteiger partial charge in [-0.2, -0.15) is 0 Å². The molecule has 2 heteroatoms. The first-order chi connectivity index (χ1) is 5.20. The standard InChI is InChI=1S/C10H23NO/c1-7-8(2)11-9(3,4)10(5,6)12/h8,11-12H,7H2,1-6H3. The zero-order valence-electron chi connectivity index (χ0n) is 9.23. The minimum atomic E-state index is -0.684. The molecule has 0 amide bonds. The van der Waals surface area contributed by atoms with Crippen LogP contribution in [0.5, 0.6) is 0 Å². The summed E-state index contributed by atoms with van der Waals surface area (Å²) in [5, 5.41) is 13.2. The quantitative estimate of drug-likeness (QED) is 0.681. The second kappa shape index (κ2) is 3.75. The first-order valence-corrected chi connectivity index (χ1v) is 4.70. The van der Waals surface area contributed by atoms with Crippen LogP contribution in [0.15, 0.2) is 0 Å². The zero-order valence-corrected chi connectivity index (χ0v) is 9.23. The van der Waals surface area contributed by atoms with Gasteiger partial charge in [0.1, 0.15) is 0 Å². The van der Waals surface area contributed by atoms with E-state index in [2.05, 4.69) is 19.2 Å². The summed E-state index contributed by atoms with van der Waals surface area (Å²) in [6.07, 6.45) is 1.08. The molecule has 0 aromatic heterocycles. The first-order valence-electron chi connectivity index (χ1n) is 4.70. The number of rotatable bonds is 4. The molecule has 74 valence electrons. The molecule has 0 radical (unpaired) electrons. The lowest BCUT2D eigenvalue weighted by Crippen LogP contribution is -2.58. The lowest BCUT2D eigenvalue weighted by molar-refractivity contribution is -0.00924. The Labute approximate surface area is 76.4 Å². The average molecular weight is 173 g/mol. The van der Waals surface area contributed by atoms with Gasteiger partial charge in [0.05, 0.1) is 5.60 Å². The lowest BCUT2D eigenvalue weighted by atomic mass is 9.85. The van der Waals surface area contributed by atoms with Crippen LogP contribution in [-0.4, -0.2) is 22.3 Å². The third-order valence-corrected chi connectivity index (χ3v) is 2.75. The molecule has 0 aliphatic carbocycles. The summed E-state index contributed by atoms with van der Waals surface area (Å²) in [5.74, 6) is 0. The van der Waals surface area contributed by atoms with Crippen LogP contribution in [0, 0.1) is 0 Å². The predicted octanol–water partition coefficient (Wildman–Crippen LogP) is 1.92. The minimum absolute atomic E-state index is 0.234. The van der Waals surface area contributed by atoms with Crippen molar-refractivity contribution in [1.29, 1.82) is 0 Å². The van der Waals surface area contributed by atoms with Gasteiger partial charge >= 0.3 is 0 Å². The van der Waals surface area contributed by atoms with Crippen LogP contribution in [-0.2, 0) is 0 Å². The van der Waals surface area contributed by atoms with E-state index in [9.17, 15) is 5.11 Å². The Morgan fingerprint density at radius 1 is 1.25 bits per heavy atom. The van der Waals surface area contributed by atoms with Crippen molar-refractivity contribution in [2.24, 2.45) is 0 Å². The van der Waals surface area contributed by atoms with Gasteiger partial charge in [-0.15, -0.1) is 0 Å². The molecule has 0 saturated carbocycles. The molecule has 0 aromatic rings. The van der Waals surface area contributed by atoms with Gasteiger partial charge in [0.25, 0.3) is 0 Å². The van der Waals surface area contributed by atoms with Crippen LogP contribution in [0.2, 0.25) is 0 Å². The molecule has 0 fully saturated rings. The van der Waals surface area contributed by atoms with E-state index in [1.54, 1.807) is 0 Å². The van der Waals surface area contributed by atoms with E-state index >= 15 is 0 Å². The maximum atomic E-state index is 9.83. The maximum absolute atomic E-state index is 9.83. The summed E-state index contributed by atoms with van der Waals surface area (Å²) < 4.78 is 0. The monoisotopic (exact) mass is 173 g/mol. The van der Waals surface area contributed by atoms with Gasteiger partial charge in [-0.1, -0.05) is 6.92 Å². The molecular weight excluding hydrogens is 150 g/mol. The van der Waals surface area contributed by atoms with E-state index in [1.165, 1.54) is 0 Å².